The van der Waals surface area contributed by atoms with E-state index in [-0.39, 0.29) is 11.8 Å². The van der Waals surface area contributed by atoms with E-state index in [9.17, 15) is 13.6 Å². The molecular weight excluding hydrogens is 320 g/mol. The summed E-state index contributed by atoms with van der Waals surface area (Å²) in [5, 5.41) is 0. The van der Waals surface area contributed by atoms with Gasteiger partial charge < -0.3 is 9.63 Å². The number of halogens is 3. The molecule has 0 aliphatic heterocycles. The lowest BCUT2D eigenvalue weighted by Gasteiger charge is -2.23. The summed E-state index contributed by atoms with van der Waals surface area (Å²) in [6, 6.07) is 7.54. The number of nitrogens with one attached hydrogen (secondary N) is 1. The average Bonchev–Trinajstić information content (AvgIpc) is 2.91. The van der Waals surface area contributed by atoms with Crippen molar-refractivity contribution in [1.29, 1.82) is 0 Å². The normalized spacial score (nSPS) is 13.1. The van der Waals surface area contributed by atoms with E-state index in [0.29, 0.717) is 4.34 Å². The molecule has 21 heavy (non-hydrogen) atoms. The predicted molar refractivity (Wildman–Crippen MR) is 78.7 cm³/mol. The Morgan fingerprint density at radius 1 is 1.29 bits per heavy atom. The zero-order valence-corrected chi connectivity index (χ0v) is 12.5. The highest BCUT2D eigenvalue weighted by Gasteiger charge is 2.41. The number of hydrogen-bond donors (Lipinski definition) is 1. The molecule has 0 radical (unpaired) electrons. The minimum Gasteiger partial charge on any atom is -0.304 e. The van der Waals surface area contributed by atoms with Gasteiger partial charge in [0.1, 0.15) is 6.29 Å². The van der Waals surface area contributed by atoms with Crippen LogP contribution in [0.1, 0.15) is 5.56 Å². The van der Waals surface area contributed by atoms with Gasteiger partial charge in [-0.05, 0) is 17.7 Å². The van der Waals surface area contributed by atoms with E-state index in [2.05, 4.69) is 4.84 Å². The molecule has 2 rings (SSSR count). The maximum absolute atomic E-state index is 14.2. The summed E-state index contributed by atoms with van der Waals surface area (Å²) < 4.78 is 28.9. The van der Waals surface area contributed by atoms with Gasteiger partial charge in [0.15, 0.2) is 6.04 Å². The summed E-state index contributed by atoms with van der Waals surface area (Å²) in [4.78, 5) is 16.1. The Morgan fingerprint density at radius 3 is 2.43 bits per heavy atom. The molecule has 0 saturated heterocycles. The van der Waals surface area contributed by atoms with E-state index >= 15 is 0 Å². The van der Waals surface area contributed by atoms with Crippen LogP contribution in [0.3, 0.4) is 0 Å². The van der Waals surface area contributed by atoms with Gasteiger partial charge in [-0.2, -0.15) is 14.3 Å². The molecule has 1 heterocycles. The van der Waals surface area contributed by atoms with Crippen LogP contribution in [0.15, 0.2) is 36.4 Å². The number of benzene rings is 1. The Morgan fingerprint density at radius 2 is 1.95 bits per heavy atom. The van der Waals surface area contributed by atoms with Crippen LogP contribution in [0.5, 0.6) is 0 Å². The second kappa shape index (κ2) is 6.62. The van der Waals surface area contributed by atoms with Gasteiger partial charge in [0.25, 0.3) is 5.92 Å². The van der Waals surface area contributed by atoms with Crippen molar-refractivity contribution in [2.75, 3.05) is 7.11 Å². The Hall–Kier alpha value is -1.34. The lowest BCUT2D eigenvalue weighted by atomic mass is 10.0. The molecule has 3 nitrogen and oxygen atoms in total. The van der Waals surface area contributed by atoms with Crippen LogP contribution < -0.4 is 5.48 Å². The fraction of sp³-hybridized carbons (Fsp3) is 0.214. The van der Waals surface area contributed by atoms with Crippen molar-refractivity contribution in [1.82, 2.24) is 5.48 Å². The van der Waals surface area contributed by atoms with E-state index in [1.165, 1.54) is 30.6 Å². The molecule has 1 atom stereocenters. The highest BCUT2D eigenvalue weighted by atomic mass is 35.5. The molecule has 1 aromatic carbocycles. The molecule has 0 aliphatic rings. The van der Waals surface area contributed by atoms with Gasteiger partial charge in [0.05, 0.1) is 11.4 Å². The number of hydroxylamine groups is 1. The van der Waals surface area contributed by atoms with Gasteiger partial charge in [0.2, 0.25) is 0 Å². The quantitative estimate of drug-likeness (QED) is 0.645. The smallest absolute Gasteiger partial charge is 0.297 e. The largest absolute Gasteiger partial charge is 0.304 e. The zero-order valence-electron chi connectivity index (χ0n) is 11.0. The minimum absolute atomic E-state index is 0.121. The standard InChI is InChI=1S/C14H12ClF2NO2S/c1-20-18-12(8-19)14(16,17)10-4-2-9(3-5-10)11-6-7-13(15)21-11/h2-8,12,18H,1H3/t12-/m1/s1. The average molecular weight is 332 g/mol. The molecule has 0 unspecified atom stereocenters. The molecule has 1 N–H and O–H groups in total. The third-order valence-corrected chi connectivity index (χ3v) is 4.18. The second-order valence-corrected chi connectivity index (χ2v) is 5.95. The molecule has 0 fully saturated rings. The number of hydrogen-bond acceptors (Lipinski definition) is 4. The van der Waals surface area contributed by atoms with E-state index in [1.54, 1.807) is 18.2 Å². The van der Waals surface area contributed by atoms with Crippen molar-refractivity contribution >= 4 is 29.2 Å². The molecule has 0 aliphatic carbocycles. The molecule has 1 aromatic heterocycles. The van der Waals surface area contributed by atoms with E-state index in [0.717, 1.165) is 10.4 Å². The number of carbonyl (C=O) groups excluding carboxylic acids is 1. The first-order valence-electron chi connectivity index (χ1n) is 5.97. The third-order valence-electron chi connectivity index (χ3n) is 2.90. The zero-order chi connectivity index (χ0) is 15.5. The maximum atomic E-state index is 14.2. The van der Waals surface area contributed by atoms with E-state index < -0.39 is 12.0 Å². The summed E-state index contributed by atoms with van der Waals surface area (Å²) in [5.41, 5.74) is 2.51. The number of alkyl halides is 2. The first kappa shape index (κ1) is 16.0. The number of carbonyl (C=O) groups is 1. The van der Waals surface area contributed by atoms with Crippen LogP contribution in [-0.2, 0) is 15.6 Å². The van der Waals surface area contributed by atoms with Gasteiger partial charge in [-0.15, -0.1) is 11.3 Å². The monoisotopic (exact) mass is 331 g/mol. The number of rotatable bonds is 6. The van der Waals surface area contributed by atoms with Crippen LogP contribution in [0.2, 0.25) is 4.34 Å². The topological polar surface area (TPSA) is 38.3 Å². The fourth-order valence-corrected chi connectivity index (χ4v) is 2.87. The second-order valence-electron chi connectivity index (χ2n) is 4.24. The SMILES string of the molecule is CON[C@H](C=O)C(F)(F)c1ccc(-c2ccc(Cl)s2)cc1. The van der Waals surface area contributed by atoms with Gasteiger partial charge in [-0.1, -0.05) is 35.9 Å². The fourth-order valence-electron chi connectivity index (χ4n) is 1.82. The van der Waals surface area contributed by atoms with Crippen molar-refractivity contribution in [2.45, 2.75) is 12.0 Å². The maximum Gasteiger partial charge on any atom is 0.297 e. The molecule has 0 spiro atoms. The lowest BCUT2D eigenvalue weighted by molar-refractivity contribution is -0.132. The van der Waals surface area contributed by atoms with Crippen molar-refractivity contribution in [3.63, 3.8) is 0 Å². The van der Waals surface area contributed by atoms with Gasteiger partial charge in [-0.3, -0.25) is 0 Å². The van der Waals surface area contributed by atoms with Crippen LogP contribution in [0.25, 0.3) is 10.4 Å². The summed E-state index contributed by atoms with van der Waals surface area (Å²) in [5.74, 6) is -3.37. The summed E-state index contributed by atoms with van der Waals surface area (Å²) in [6.45, 7) is 0. The summed E-state index contributed by atoms with van der Waals surface area (Å²) >= 11 is 7.21. The first-order valence-corrected chi connectivity index (χ1v) is 7.16. The van der Waals surface area contributed by atoms with Crippen molar-refractivity contribution in [3.8, 4) is 10.4 Å². The highest BCUT2D eigenvalue weighted by molar-refractivity contribution is 7.19. The van der Waals surface area contributed by atoms with Crippen molar-refractivity contribution in [3.05, 3.63) is 46.3 Å². The Bertz CT molecular complexity index is 616. The third kappa shape index (κ3) is 3.47. The van der Waals surface area contributed by atoms with Gasteiger partial charge >= 0.3 is 0 Å². The molecular formula is C14H12ClF2NO2S. The van der Waals surface area contributed by atoms with Gasteiger partial charge in [-0.25, -0.2) is 0 Å². The molecule has 0 bridgehead atoms. The van der Waals surface area contributed by atoms with Crippen molar-refractivity contribution < 1.29 is 18.4 Å². The van der Waals surface area contributed by atoms with Crippen LogP contribution >= 0.6 is 22.9 Å². The van der Waals surface area contributed by atoms with Crippen LogP contribution in [0.4, 0.5) is 8.78 Å². The minimum atomic E-state index is -3.37. The van der Waals surface area contributed by atoms with E-state index in [1.807, 2.05) is 11.5 Å². The Labute approximate surface area is 129 Å². The summed E-state index contributed by atoms with van der Waals surface area (Å²) in [7, 11) is 1.18. The molecule has 112 valence electrons. The van der Waals surface area contributed by atoms with Gasteiger partial charge in [0, 0.05) is 10.4 Å². The molecule has 0 amide bonds. The van der Waals surface area contributed by atoms with Crippen molar-refractivity contribution in [2.24, 2.45) is 0 Å². The number of thiophene rings is 1. The molecule has 7 heteroatoms. The molecule has 2 aromatic rings. The Balaban J connectivity index is 2.27. The highest BCUT2D eigenvalue weighted by Crippen LogP contribution is 2.35. The summed E-state index contributed by atoms with van der Waals surface area (Å²) in [6.07, 6.45) is 0.121. The molecule has 0 saturated carbocycles. The van der Waals surface area contributed by atoms with E-state index in [4.69, 9.17) is 11.6 Å². The van der Waals surface area contributed by atoms with Crippen LogP contribution in [-0.4, -0.2) is 19.4 Å². The Kier molecular flexibility index (Phi) is 5.05. The first-order chi connectivity index (χ1) is 9.98. The van der Waals surface area contributed by atoms with Crippen LogP contribution in [0, 0.1) is 0 Å². The predicted octanol–water partition coefficient (Wildman–Crippen LogP) is 3.88. The number of aldehydes is 1. The lowest BCUT2D eigenvalue weighted by Crippen LogP contribution is -2.43.